The fraction of sp³-hybridized carbons (Fsp3) is 0.467. The van der Waals surface area contributed by atoms with Crippen LogP contribution in [-0.4, -0.2) is 21.4 Å². The highest BCUT2D eigenvalue weighted by molar-refractivity contribution is 5.83. The minimum Gasteiger partial charge on any atom is -0.396 e. The predicted octanol–water partition coefficient (Wildman–Crippen LogP) is 2.69. The van der Waals surface area contributed by atoms with Gasteiger partial charge in [-0.2, -0.15) is 0 Å². The number of hydrogen-bond donors (Lipinski definition) is 2. The lowest BCUT2D eigenvalue weighted by atomic mass is 10.2. The second-order valence-electron chi connectivity index (χ2n) is 4.66. The lowest BCUT2D eigenvalue weighted by Gasteiger charge is -2.04. The van der Waals surface area contributed by atoms with Gasteiger partial charge >= 0.3 is 0 Å². The SMILES string of the molecule is OCCCCCCn1cc(CO)c2ccccc21. The number of aryl methyl sites for hydroxylation is 1. The molecular formula is C15H21NO2. The van der Waals surface area contributed by atoms with Crippen molar-refractivity contribution < 1.29 is 10.2 Å². The third-order valence-corrected chi connectivity index (χ3v) is 3.35. The molecule has 0 aliphatic carbocycles. The van der Waals surface area contributed by atoms with Gasteiger partial charge in [0.2, 0.25) is 0 Å². The van der Waals surface area contributed by atoms with Crippen LogP contribution in [-0.2, 0) is 13.2 Å². The summed E-state index contributed by atoms with van der Waals surface area (Å²) in [4.78, 5) is 0. The van der Waals surface area contributed by atoms with Gasteiger partial charge in [0.25, 0.3) is 0 Å². The maximum absolute atomic E-state index is 9.35. The van der Waals surface area contributed by atoms with Crippen molar-refractivity contribution in [3.05, 3.63) is 36.0 Å². The zero-order valence-corrected chi connectivity index (χ0v) is 10.7. The van der Waals surface area contributed by atoms with Crippen molar-refractivity contribution in [1.82, 2.24) is 4.57 Å². The smallest absolute Gasteiger partial charge is 0.0702 e. The molecule has 98 valence electrons. The number of aliphatic hydroxyl groups is 2. The Kier molecular flexibility index (Phi) is 4.79. The maximum Gasteiger partial charge on any atom is 0.0702 e. The maximum atomic E-state index is 9.35. The van der Waals surface area contributed by atoms with Crippen LogP contribution in [0.3, 0.4) is 0 Å². The van der Waals surface area contributed by atoms with Crippen LogP contribution < -0.4 is 0 Å². The molecule has 0 amide bonds. The van der Waals surface area contributed by atoms with Crippen LogP contribution in [0.1, 0.15) is 31.2 Å². The van der Waals surface area contributed by atoms with Gasteiger partial charge in [0.1, 0.15) is 0 Å². The van der Waals surface area contributed by atoms with Crippen LogP contribution in [0.2, 0.25) is 0 Å². The van der Waals surface area contributed by atoms with Gasteiger partial charge in [0.15, 0.2) is 0 Å². The van der Waals surface area contributed by atoms with Gasteiger partial charge in [-0.25, -0.2) is 0 Å². The molecule has 3 nitrogen and oxygen atoms in total. The molecule has 2 rings (SSSR count). The Labute approximate surface area is 108 Å². The highest BCUT2D eigenvalue weighted by Crippen LogP contribution is 2.21. The quantitative estimate of drug-likeness (QED) is 0.739. The number of hydrogen-bond acceptors (Lipinski definition) is 2. The van der Waals surface area contributed by atoms with Crippen molar-refractivity contribution in [1.29, 1.82) is 0 Å². The van der Waals surface area contributed by atoms with Crippen LogP contribution in [0.15, 0.2) is 30.5 Å². The van der Waals surface area contributed by atoms with Gasteiger partial charge in [-0.05, 0) is 18.9 Å². The van der Waals surface area contributed by atoms with E-state index in [9.17, 15) is 5.11 Å². The Balaban J connectivity index is 2.04. The summed E-state index contributed by atoms with van der Waals surface area (Å²) in [6.07, 6.45) is 6.29. The Hall–Kier alpha value is -1.32. The molecule has 18 heavy (non-hydrogen) atoms. The summed E-state index contributed by atoms with van der Waals surface area (Å²) in [5.74, 6) is 0. The zero-order valence-electron chi connectivity index (χ0n) is 10.7. The normalized spacial score (nSPS) is 11.2. The number of unbranched alkanes of at least 4 members (excludes halogenated alkanes) is 3. The standard InChI is InChI=1S/C15H21NO2/c17-10-6-2-1-5-9-16-11-13(12-18)14-7-3-4-8-15(14)16/h3-4,7-8,11,17-18H,1-2,5-6,9-10,12H2. The lowest BCUT2D eigenvalue weighted by molar-refractivity contribution is 0.281. The van der Waals surface area contributed by atoms with E-state index in [1.807, 2.05) is 12.1 Å². The minimum absolute atomic E-state index is 0.0953. The summed E-state index contributed by atoms with van der Waals surface area (Å²) >= 11 is 0. The second-order valence-corrected chi connectivity index (χ2v) is 4.66. The molecule has 0 radical (unpaired) electrons. The third-order valence-electron chi connectivity index (χ3n) is 3.35. The van der Waals surface area contributed by atoms with Gasteiger partial charge in [-0.3, -0.25) is 0 Å². The molecule has 0 saturated carbocycles. The topological polar surface area (TPSA) is 45.4 Å². The number of benzene rings is 1. The van der Waals surface area contributed by atoms with Crippen molar-refractivity contribution >= 4 is 10.9 Å². The average molecular weight is 247 g/mol. The minimum atomic E-state index is 0.0953. The Morgan fingerprint density at radius 2 is 1.72 bits per heavy atom. The van der Waals surface area contributed by atoms with E-state index >= 15 is 0 Å². The predicted molar refractivity (Wildman–Crippen MR) is 73.4 cm³/mol. The number of nitrogens with zero attached hydrogens (tertiary/aromatic N) is 1. The van der Waals surface area contributed by atoms with E-state index in [-0.39, 0.29) is 6.61 Å². The van der Waals surface area contributed by atoms with E-state index in [1.54, 1.807) is 0 Å². The van der Waals surface area contributed by atoms with Gasteiger partial charge in [0.05, 0.1) is 6.61 Å². The molecule has 2 N–H and O–H groups in total. The molecule has 0 spiro atoms. The van der Waals surface area contributed by atoms with Crippen molar-refractivity contribution in [2.75, 3.05) is 6.61 Å². The Morgan fingerprint density at radius 3 is 2.50 bits per heavy atom. The molecule has 0 aliphatic rings. The van der Waals surface area contributed by atoms with Crippen molar-refractivity contribution in [2.24, 2.45) is 0 Å². The molecule has 1 aromatic heterocycles. The van der Waals surface area contributed by atoms with E-state index in [4.69, 9.17) is 5.11 Å². The van der Waals surface area contributed by atoms with Gasteiger partial charge in [0, 0.05) is 35.8 Å². The number of aliphatic hydroxyl groups excluding tert-OH is 2. The van der Waals surface area contributed by atoms with Crippen molar-refractivity contribution in [3.8, 4) is 0 Å². The first-order chi connectivity index (χ1) is 8.86. The Morgan fingerprint density at radius 1 is 0.944 bits per heavy atom. The summed E-state index contributed by atoms with van der Waals surface area (Å²) < 4.78 is 2.22. The van der Waals surface area contributed by atoms with Gasteiger partial charge in [-0.1, -0.05) is 31.0 Å². The molecule has 3 heteroatoms. The molecule has 0 fully saturated rings. The summed E-state index contributed by atoms with van der Waals surface area (Å²) in [6.45, 7) is 1.37. The van der Waals surface area contributed by atoms with E-state index in [0.717, 1.165) is 43.2 Å². The molecule has 1 heterocycles. The van der Waals surface area contributed by atoms with Crippen LogP contribution in [0.4, 0.5) is 0 Å². The number of fused-ring (bicyclic) bond motifs is 1. The Bertz CT molecular complexity index is 490. The average Bonchev–Trinajstić information content (AvgIpc) is 2.77. The molecule has 0 atom stereocenters. The van der Waals surface area contributed by atoms with Crippen molar-refractivity contribution in [2.45, 2.75) is 38.8 Å². The molecule has 0 saturated heterocycles. The monoisotopic (exact) mass is 247 g/mol. The molecule has 0 unspecified atom stereocenters. The molecular weight excluding hydrogens is 226 g/mol. The van der Waals surface area contributed by atoms with Crippen LogP contribution in [0, 0.1) is 0 Å². The highest BCUT2D eigenvalue weighted by atomic mass is 16.3. The number of aromatic nitrogens is 1. The van der Waals surface area contributed by atoms with Crippen molar-refractivity contribution in [3.63, 3.8) is 0 Å². The summed E-state index contributed by atoms with van der Waals surface area (Å²) in [5, 5.41) is 19.2. The van der Waals surface area contributed by atoms with Crippen LogP contribution in [0.5, 0.6) is 0 Å². The first-order valence-electron chi connectivity index (χ1n) is 6.65. The van der Waals surface area contributed by atoms with Gasteiger partial charge in [-0.15, -0.1) is 0 Å². The van der Waals surface area contributed by atoms with Crippen LogP contribution >= 0.6 is 0 Å². The summed E-state index contributed by atoms with van der Waals surface area (Å²) in [5.41, 5.74) is 2.20. The van der Waals surface area contributed by atoms with E-state index in [0.29, 0.717) is 6.61 Å². The summed E-state index contributed by atoms with van der Waals surface area (Å²) in [7, 11) is 0. The van der Waals surface area contributed by atoms with E-state index < -0.39 is 0 Å². The molecule has 1 aromatic carbocycles. The molecule has 0 aliphatic heterocycles. The number of rotatable bonds is 7. The fourth-order valence-electron chi connectivity index (χ4n) is 2.38. The highest BCUT2D eigenvalue weighted by Gasteiger charge is 2.06. The van der Waals surface area contributed by atoms with Crippen LogP contribution in [0.25, 0.3) is 10.9 Å². The van der Waals surface area contributed by atoms with E-state index in [1.165, 1.54) is 5.52 Å². The largest absolute Gasteiger partial charge is 0.396 e. The fourth-order valence-corrected chi connectivity index (χ4v) is 2.38. The van der Waals surface area contributed by atoms with Gasteiger partial charge < -0.3 is 14.8 Å². The molecule has 0 bridgehead atoms. The van der Waals surface area contributed by atoms with E-state index in [2.05, 4.69) is 22.9 Å². The first kappa shape index (κ1) is 13.1. The summed E-state index contributed by atoms with van der Waals surface area (Å²) in [6, 6.07) is 8.20. The third kappa shape index (κ3) is 2.92. The molecule has 2 aromatic rings. The lowest BCUT2D eigenvalue weighted by Crippen LogP contribution is -1.96. The number of para-hydroxylation sites is 1. The zero-order chi connectivity index (χ0) is 12.8. The first-order valence-corrected chi connectivity index (χ1v) is 6.65. The second kappa shape index (κ2) is 6.57.